The van der Waals surface area contributed by atoms with Crippen molar-refractivity contribution < 1.29 is 0 Å². The first-order valence-corrected chi connectivity index (χ1v) is 17.4. The smallest absolute Gasteiger partial charge is 0.164 e. The van der Waals surface area contributed by atoms with Gasteiger partial charge in [0, 0.05) is 42.8 Å². The van der Waals surface area contributed by atoms with Crippen molar-refractivity contribution in [2.75, 3.05) is 0 Å². The van der Waals surface area contributed by atoms with E-state index < -0.39 is 0 Å². The SMILES string of the molecule is C1=CC(c2ccccc2)CC=C1/C=C1/C=C(c2nc(-c3ccccc3)nc(-c3ccccc3)n2)C=C1c1ccc2sc3ccccc3c2c1. The van der Waals surface area contributed by atoms with Gasteiger partial charge in [-0.3, -0.25) is 0 Å². The van der Waals surface area contributed by atoms with Gasteiger partial charge in [0.25, 0.3) is 0 Å². The topological polar surface area (TPSA) is 38.7 Å². The summed E-state index contributed by atoms with van der Waals surface area (Å²) in [4.78, 5) is 15.0. The van der Waals surface area contributed by atoms with Crippen LogP contribution in [-0.4, -0.2) is 15.0 Å². The van der Waals surface area contributed by atoms with Crippen molar-refractivity contribution in [1.82, 2.24) is 15.0 Å². The third kappa shape index (κ3) is 5.77. The second-order valence-electron chi connectivity index (χ2n) is 12.4. The molecule has 0 aliphatic heterocycles. The molecule has 232 valence electrons. The van der Waals surface area contributed by atoms with Crippen LogP contribution in [-0.2, 0) is 0 Å². The largest absolute Gasteiger partial charge is 0.208 e. The van der Waals surface area contributed by atoms with E-state index >= 15 is 0 Å². The second-order valence-corrected chi connectivity index (χ2v) is 13.5. The van der Waals surface area contributed by atoms with Gasteiger partial charge in [0.1, 0.15) is 0 Å². The fraction of sp³-hybridized carbons (Fsp3) is 0.0444. The predicted molar refractivity (Wildman–Crippen MR) is 205 cm³/mol. The van der Waals surface area contributed by atoms with Gasteiger partial charge < -0.3 is 0 Å². The predicted octanol–water partition coefficient (Wildman–Crippen LogP) is 11.7. The number of fused-ring (bicyclic) bond motifs is 3. The molecule has 49 heavy (non-hydrogen) atoms. The second kappa shape index (κ2) is 12.6. The number of benzene rings is 5. The molecule has 0 saturated heterocycles. The molecule has 2 heterocycles. The van der Waals surface area contributed by atoms with E-state index in [-0.39, 0.29) is 0 Å². The molecule has 3 nitrogen and oxygen atoms in total. The lowest BCUT2D eigenvalue weighted by molar-refractivity contribution is 0.848. The van der Waals surface area contributed by atoms with Crippen molar-refractivity contribution >= 4 is 42.7 Å². The molecule has 0 spiro atoms. The van der Waals surface area contributed by atoms with Crippen molar-refractivity contribution in [3.63, 3.8) is 0 Å². The van der Waals surface area contributed by atoms with E-state index in [4.69, 9.17) is 15.0 Å². The van der Waals surface area contributed by atoms with Gasteiger partial charge in [-0.1, -0.05) is 133 Å². The molecule has 4 heteroatoms. The molecule has 0 fully saturated rings. The highest BCUT2D eigenvalue weighted by atomic mass is 32.1. The van der Waals surface area contributed by atoms with Crippen LogP contribution in [0.3, 0.4) is 0 Å². The molecule has 0 N–H and O–H groups in total. The Morgan fingerprint density at radius 2 is 1.20 bits per heavy atom. The fourth-order valence-corrected chi connectivity index (χ4v) is 7.81. The average molecular weight is 646 g/mol. The van der Waals surface area contributed by atoms with Crippen molar-refractivity contribution in [1.29, 1.82) is 0 Å². The summed E-state index contributed by atoms with van der Waals surface area (Å²) in [5.41, 5.74) is 8.93. The van der Waals surface area contributed by atoms with Gasteiger partial charge >= 0.3 is 0 Å². The lowest BCUT2D eigenvalue weighted by atomic mass is 9.89. The summed E-state index contributed by atoms with van der Waals surface area (Å²) >= 11 is 1.84. The van der Waals surface area contributed by atoms with Gasteiger partial charge in [0.2, 0.25) is 0 Å². The first-order chi connectivity index (χ1) is 24.2. The van der Waals surface area contributed by atoms with Crippen LogP contribution in [0.2, 0.25) is 0 Å². The highest BCUT2D eigenvalue weighted by Gasteiger charge is 2.21. The molecular formula is C45H31N3S. The van der Waals surface area contributed by atoms with Gasteiger partial charge in [-0.05, 0) is 70.7 Å². The Kier molecular flexibility index (Phi) is 7.49. The lowest BCUT2D eigenvalue weighted by Crippen LogP contribution is -2.01. The summed E-state index contributed by atoms with van der Waals surface area (Å²) < 4.78 is 2.60. The van der Waals surface area contributed by atoms with E-state index in [9.17, 15) is 0 Å². The van der Waals surface area contributed by atoms with Crippen molar-refractivity contribution in [2.24, 2.45) is 0 Å². The number of thiophene rings is 1. The minimum atomic E-state index is 0.389. The fourth-order valence-electron chi connectivity index (χ4n) is 6.73. The van der Waals surface area contributed by atoms with Crippen molar-refractivity contribution in [3.05, 3.63) is 198 Å². The zero-order valence-corrected chi connectivity index (χ0v) is 27.5. The molecule has 0 amide bonds. The Bertz CT molecular complexity index is 2440. The van der Waals surface area contributed by atoms with E-state index in [1.807, 2.05) is 47.7 Å². The van der Waals surface area contributed by atoms with Crippen LogP contribution >= 0.6 is 11.3 Å². The summed E-state index contributed by atoms with van der Waals surface area (Å²) in [7, 11) is 0. The molecule has 7 aromatic rings. The first kappa shape index (κ1) is 29.2. The number of rotatable bonds is 6. The zero-order chi connectivity index (χ0) is 32.6. The van der Waals surface area contributed by atoms with Gasteiger partial charge in [0.15, 0.2) is 17.5 Å². The molecule has 0 radical (unpaired) electrons. The van der Waals surface area contributed by atoms with Crippen molar-refractivity contribution in [3.8, 4) is 22.8 Å². The van der Waals surface area contributed by atoms with Crippen molar-refractivity contribution in [2.45, 2.75) is 12.3 Å². The highest BCUT2D eigenvalue weighted by molar-refractivity contribution is 7.25. The third-order valence-electron chi connectivity index (χ3n) is 9.25. The lowest BCUT2D eigenvalue weighted by Gasteiger charge is -2.16. The van der Waals surface area contributed by atoms with Crippen LogP contribution in [0, 0.1) is 0 Å². The van der Waals surface area contributed by atoms with Gasteiger partial charge in [-0.15, -0.1) is 11.3 Å². The van der Waals surface area contributed by atoms with Gasteiger partial charge in [0.05, 0.1) is 0 Å². The summed E-state index contributed by atoms with van der Waals surface area (Å²) in [6.45, 7) is 0. The molecule has 2 aliphatic carbocycles. The molecule has 0 saturated carbocycles. The molecule has 1 unspecified atom stereocenters. The summed E-state index contributed by atoms with van der Waals surface area (Å²) in [5, 5.41) is 2.58. The maximum absolute atomic E-state index is 5.06. The normalized spacial score (nSPS) is 16.6. The Labute approximate surface area is 289 Å². The Hall–Kier alpha value is -5.97. The molecule has 1 atom stereocenters. The number of nitrogens with zero attached hydrogens (tertiary/aromatic N) is 3. The number of hydrogen-bond acceptors (Lipinski definition) is 4. The standard InChI is InChI=1S/C45H31N3S/c1-4-12-31(13-5-1)32-22-20-30(21-23-32)26-36-27-37(29-39(36)35-24-25-42-40(28-35)38-18-10-11-19-41(38)49-42)45-47-43(33-14-6-2-7-15-33)46-44(48-45)34-16-8-3-9-17-34/h1-22,24-29,32H,23H2/b36-26-. The Morgan fingerprint density at radius 3 is 1.90 bits per heavy atom. The van der Waals surface area contributed by atoms with Crippen LogP contribution in [0.4, 0.5) is 0 Å². The molecular weight excluding hydrogens is 615 g/mol. The Balaban J connectivity index is 1.17. The highest BCUT2D eigenvalue weighted by Crippen LogP contribution is 2.41. The monoisotopic (exact) mass is 645 g/mol. The molecule has 5 aromatic carbocycles. The molecule has 2 aromatic heterocycles. The first-order valence-electron chi connectivity index (χ1n) is 16.6. The zero-order valence-electron chi connectivity index (χ0n) is 26.7. The number of allylic oxidation sites excluding steroid dienone is 10. The number of aromatic nitrogens is 3. The molecule has 0 bridgehead atoms. The molecule has 9 rings (SSSR count). The summed E-state index contributed by atoms with van der Waals surface area (Å²) in [5.74, 6) is 2.37. The summed E-state index contributed by atoms with van der Waals surface area (Å²) in [6.07, 6.45) is 14.7. The van der Waals surface area contributed by atoms with E-state index in [0.717, 1.165) is 34.3 Å². The van der Waals surface area contributed by atoms with Gasteiger partial charge in [-0.25, -0.2) is 15.0 Å². The van der Waals surface area contributed by atoms with Crippen LogP contribution in [0.25, 0.3) is 54.1 Å². The molecule has 2 aliphatic rings. The summed E-state index contributed by atoms with van der Waals surface area (Å²) in [6, 6.07) is 46.6. The maximum atomic E-state index is 5.06. The van der Waals surface area contributed by atoms with Crippen LogP contribution in [0.1, 0.15) is 29.3 Å². The van der Waals surface area contributed by atoms with E-state index in [2.05, 4.69) is 134 Å². The average Bonchev–Trinajstić information content (AvgIpc) is 3.77. The number of hydrogen-bond donors (Lipinski definition) is 0. The quantitative estimate of drug-likeness (QED) is 0.181. The maximum Gasteiger partial charge on any atom is 0.164 e. The minimum absolute atomic E-state index is 0.389. The third-order valence-corrected chi connectivity index (χ3v) is 10.4. The van der Waals surface area contributed by atoms with E-state index in [0.29, 0.717) is 23.4 Å². The Morgan fingerprint density at radius 1 is 0.571 bits per heavy atom. The van der Waals surface area contributed by atoms with Crippen LogP contribution in [0.5, 0.6) is 0 Å². The van der Waals surface area contributed by atoms with Gasteiger partial charge in [-0.2, -0.15) is 0 Å². The van der Waals surface area contributed by atoms with Crippen LogP contribution < -0.4 is 0 Å². The van der Waals surface area contributed by atoms with Crippen LogP contribution in [0.15, 0.2) is 181 Å². The van der Waals surface area contributed by atoms with E-state index in [1.165, 1.54) is 36.9 Å². The van der Waals surface area contributed by atoms with E-state index in [1.54, 1.807) is 0 Å². The minimum Gasteiger partial charge on any atom is -0.208 e.